The lowest BCUT2D eigenvalue weighted by molar-refractivity contribution is -0.134. The largest absolute Gasteiger partial charge is 0.465 e. The molecule has 2 saturated heterocycles. The van der Waals surface area contributed by atoms with Crippen LogP contribution in [0, 0.1) is 5.41 Å². The van der Waals surface area contributed by atoms with Crippen molar-refractivity contribution in [3.8, 4) is 0 Å². The molecule has 0 bridgehead atoms. The summed E-state index contributed by atoms with van der Waals surface area (Å²) < 4.78 is 0. The molecule has 1 aliphatic carbocycles. The molecule has 2 fully saturated rings. The fraction of sp³-hybridized carbons (Fsp3) is 0.636. The molecule has 3 aliphatic rings. The summed E-state index contributed by atoms with van der Waals surface area (Å²) in [5.41, 5.74) is 1.65. The summed E-state index contributed by atoms with van der Waals surface area (Å²) in [5, 5.41) is 23.5. The van der Waals surface area contributed by atoms with E-state index in [-0.39, 0.29) is 23.4 Å². The number of fused-ring (bicyclic) bond motifs is 2. The average Bonchev–Trinajstić information content (AvgIpc) is 3.23. The molecule has 5 atom stereocenters. The first-order valence-electron chi connectivity index (χ1n) is 10.5. The number of benzene rings is 1. The van der Waals surface area contributed by atoms with Crippen molar-refractivity contribution in [1.29, 1.82) is 0 Å². The Balaban J connectivity index is 1.62. The van der Waals surface area contributed by atoms with Crippen molar-refractivity contribution >= 4 is 12.0 Å². The number of aliphatic hydroxyl groups excluding tert-OH is 1. The van der Waals surface area contributed by atoms with Crippen LogP contribution in [0.4, 0.5) is 4.79 Å². The maximum atomic E-state index is 13.3. The molecule has 0 radical (unpaired) electrons. The van der Waals surface area contributed by atoms with Crippen LogP contribution in [0.3, 0.4) is 0 Å². The molecular weight excluding hydrogens is 370 g/mol. The van der Waals surface area contributed by atoms with Gasteiger partial charge in [0.25, 0.3) is 0 Å². The molecule has 1 aromatic rings. The molecule has 3 N–H and O–H groups in total. The maximum Gasteiger partial charge on any atom is 0.408 e. The number of hydrogen-bond acceptors (Lipinski definition) is 4. The van der Waals surface area contributed by atoms with Crippen molar-refractivity contribution in [2.24, 2.45) is 5.41 Å². The lowest BCUT2D eigenvalue weighted by Crippen LogP contribution is -2.70. The standard InChI is InChI=1S/C22H31N3O4/c1-22(2,3)19-15-9-6-10-24(15)12-16(25(19)21(28)29)20(27)23-18-14-8-5-4-7-13(14)11-17(18)26/h4-5,7-8,15-19,26H,6,9-12H2,1-3H3,(H,23,27)(H,28,29)/t15-,16+,17-,18+,19?/m1/s1. The van der Waals surface area contributed by atoms with Crippen molar-refractivity contribution < 1.29 is 19.8 Å². The number of carbonyl (C=O) groups is 2. The third-order valence-corrected chi connectivity index (χ3v) is 6.73. The van der Waals surface area contributed by atoms with Gasteiger partial charge >= 0.3 is 6.09 Å². The second kappa shape index (κ2) is 7.29. The van der Waals surface area contributed by atoms with E-state index in [2.05, 4.69) is 10.2 Å². The Kier molecular flexibility index (Phi) is 5.07. The van der Waals surface area contributed by atoms with E-state index in [1.165, 1.54) is 4.90 Å². The minimum Gasteiger partial charge on any atom is -0.465 e. The van der Waals surface area contributed by atoms with Crippen LogP contribution in [0.15, 0.2) is 24.3 Å². The second-order valence-electron chi connectivity index (χ2n) is 9.68. The smallest absolute Gasteiger partial charge is 0.408 e. The van der Waals surface area contributed by atoms with Gasteiger partial charge in [-0.25, -0.2) is 4.79 Å². The van der Waals surface area contributed by atoms with Crippen molar-refractivity contribution in [1.82, 2.24) is 15.1 Å². The Hall–Kier alpha value is -2.12. The van der Waals surface area contributed by atoms with E-state index in [9.17, 15) is 19.8 Å². The van der Waals surface area contributed by atoms with Crippen LogP contribution >= 0.6 is 0 Å². The average molecular weight is 402 g/mol. The van der Waals surface area contributed by atoms with Crippen LogP contribution in [0.25, 0.3) is 0 Å². The summed E-state index contributed by atoms with van der Waals surface area (Å²) in [7, 11) is 0. The number of nitrogens with one attached hydrogen (secondary N) is 1. The van der Waals surface area contributed by atoms with Gasteiger partial charge in [-0.1, -0.05) is 45.0 Å². The first-order chi connectivity index (χ1) is 13.7. The van der Waals surface area contributed by atoms with Crippen LogP contribution < -0.4 is 5.32 Å². The molecule has 7 nitrogen and oxygen atoms in total. The molecule has 0 saturated carbocycles. The highest BCUT2D eigenvalue weighted by Gasteiger charge is 2.52. The Bertz CT molecular complexity index is 805. The third-order valence-electron chi connectivity index (χ3n) is 6.73. The van der Waals surface area contributed by atoms with Gasteiger partial charge in [-0.3, -0.25) is 14.6 Å². The topological polar surface area (TPSA) is 93.1 Å². The maximum absolute atomic E-state index is 13.3. The molecule has 1 aromatic carbocycles. The molecule has 7 heteroatoms. The summed E-state index contributed by atoms with van der Waals surface area (Å²) in [6, 6.07) is 6.29. The Morgan fingerprint density at radius 2 is 1.93 bits per heavy atom. The molecule has 2 aliphatic heterocycles. The van der Waals surface area contributed by atoms with E-state index in [4.69, 9.17) is 0 Å². The van der Waals surface area contributed by atoms with E-state index in [1.807, 2.05) is 45.0 Å². The predicted molar refractivity (Wildman–Crippen MR) is 109 cm³/mol. The van der Waals surface area contributed by atoms with E-state index >= 15 is 0 Å². The normalized spacial score (nSPS) is 32.0. The molecule has 2 amide bonds. The Morgan fingerprint density at radius 3 is 2.62 bits per heavy atom. The van der Waals surface area contributed by atoms with Crippen molar-refractivity contribution in [2.75, 3.05) is 13.1 Å². The lowest BCUT2D eigenvalue weighted by Gasteiger charge is -2.52. The summed E-state index contributed by atoms with van der Waals surface area (Å²) in [4.78, 5) is 29.3. The van der Waals surface area contributed by atoms with Gasteiger partial charge in [-0.2, -0.15) is 0 Å². The van der Waals surface area contributed by atoms with Gasteiger partial charge in [0.2, 0.25) is 5.91 Å². The molecule has 158 valence electrons. The number of nitrogens with zero attached hydrogens (tertiary/aromatic N) is 2. The molecule has 0 aromatic heterocycles. The fourth-order valence-corrected chi connectivity index (χ4v) is 5.58. The minimum absolute atomic E-state index is 0.146. The van der Waals surface area contributed by atoms with E-state index < -0.39 is 24.3 Å². The summed E-state index contributed by atoms with van der Waals surface area (Å²) >= 11 is 0. The Labute approximate surface area is 171 Å². The summed E-state index contributed by atoms with van der Waals surface area (Å²) in [6.07, 6.45) is 0.718. The van der Waals surface area contributed by atoms with Gasteiger partial charge in [-0.05, 0) is 35.9 Å². The number of amides is 2. The number of carbonyl (C=O) groups excluding carboxylic acids is 1. The number of aliphatic hydroxyl groups is 1. The van der Waals surface area contributed by atoms with E-state index in [0.717, 1.165) is 30.5 Å². The zero-order valence-corrected chi connectivity index (χ0v) is 17.3. The number of rotatable bonds is 2. The van der Waals surface area contributed by atoms with Gasteiger partial charge in [0.05, 0.1) is 18.2 Å². The highest BCUT2D eigenvalue weighted by molar-refractivity contribution is 5.86. The highest BCUT2D eigenvalue weighted by Crippen LogP contribution is 2.39. The zero-order chi connectivity index (χ0) is 20.9. The van der Waals surface area contributed by atoms with Crippen molar-refractivity contribution in [3.05, 3.63) is 35.4 Å². The van der Waals surface area contributed by atoms with Crippen LogP contribution in [0.2, 0.25) is 0 Å². The summed E-state index contributed by atoms with van der Waals surface area (Å²) in [5.74, 6) is -0.326. The van der Waals surface area contributed by atoms with Gasteiger partial charge in [0, 0.05) is 19.0 Å². The quantitative estimate of drug-likeness (QED) is 0.705. The number of piperazine rings is 1. The zero-order valence-electron chi connectivity index (χ0n) is 17.3. The van der Waals surface area contributed by atoms with Crippen LogP contribution in [0.1, 0.15) is 50.8 Å². The van der Waals surface area contributed by atoms with Crippen molar-refractivity contribution in [2.45, 2.75) is 70.3 Å². The van der Waals surface area contributed by atoms with Crippen molar-refractivity contribution in [3.63, 3.8) is 0 Å². The molecule has 29 heavy (non-hydrogen) atoms. The highest BCUT2D eigenvalue weighted by atomic mass is 16.4. The third kappa shape index (κ3) is 3.51. The molecular formula is C22H31N3O4. The first kappa shape index (κ1) is 20.2. The van der Waals surface area contributed by atoms with E-state index in [1.54, 1.807) is 0 Å². The predicted octanol–water partition coefficient (Wildman–Crippen LogP) is 2.00. The first-order valence-corrected chi connectivity index (χ1v) is 10.5. The monoisotopic (exact) mass is 401 g/mol. The van der Waals surface area contributed by atoms with Gasteiger partial charge in [0.15, 0.2) is 0 Å². The molecule has 2 heterocycles. The number of hydrogen-bond donors (Lipinski definition) is 3. The second-order valence-corrected chi connectivity index (χ2v) is 9.68. The van der Waals surface area contributed by atoms with Gasteiger partial charge in [-0.15, -0.1) is 0 Å². The Morgan fingerprint density at radius 1 is 1.21 bits per heavy atom. The molecule has 1 unspecified atom stereocenters. The van der Waals surface area contributed by atoms with E-state index in [0.29, 0.717) is 13.0 Å². The number of carboxylic acid groups (broad SMARTS) is 1. The van der Waals surface area contributed by atoms with Crippen LogP contribution in [0.5, 0.6) is 0 Å². The molecule has 0 spiro atoms. The van der Waals surface area contributed by atoms with Crippen LogP contribution in [-0.2, 0) is 11.2 Å². The lowest BCUT2D eigenvalue weighted by atomic mass is 9.78. The minimum atomic E-state index is -1.05. The van der Waals surface area contributed by atoms with Gasteiger partial charge in [0.1, 0.15) is 6.04 Å². The van der Waals surface area contributed by atoms with Gasteiger partial charge < -0.3 is 15.5 Å². The molecule has 4 rings (SSSR count). The fourth-order valence-electron chi connectivity index (χ4n) is 5.58. The SMILES string of the molecule is CC(C)(C)C1[C@H]2CCCN2C[C@@H](C(=O)N[C@H]2c3ccccc3C[C@H]2O)N1C(=O)O. The van der Waals surface area contributed by atoms with Crippen LogP contribution in [-0.4, -0.2) is 69.3 Å². The summed E-state index contributed by atoms with van der Waals surface area (Å²) in [6.45, 7) is 7.42.